The first-order chi connectivity index (χ1) is 12.4. The largest absolute Gasteiger partial charge is 0.352 e. The molecular weight excluding hydrogens is 346 g/mol. The molecule has 2 heterocycles. The molecule has 0 fully saturated rings. The number of hydrogen-bond acceptors (Lipinski definition) is 4. The number of nitrogens with zero attached hydrogens (tertiary/aromatic N) is 2. The summed E-state index contributed by atoms with van der Waals surface area (Å²) in [6.07, 6.45) is 1.68. The highest BCUT2D eigenvalue weighted by atomic mass is 32.2. The van der Waals surface area contributed by atoms with Crippen LogP contribution in [0.3, 0.4) is 0 Å². The molecule has 136 valence electrons. The Labute approximate surface area is 158 Å². The number of hydrogen-bond donors (Lipinski definition) is 1. The van der Waals surface area contributed by atoms with Gasteiger partial charge in [0.1, 0.15) is 5.03 Å². The zero-order valence-electron chi connectivity index (χ0n) is 15.4. The lowest BCUT2D eigenvalue weighted by atomic mass is 10.1. The Morgan fingerprint density at radius 1 is 1.23 bits per heavy atom. The standard InChI is InChI=1S/C20H23N3O2S/c1-12(2)11-22-18(24)14-7-8-16-17(10-14)26-19-15(6-5-9-21-19)20(25)23(16)13(3)4/h5-10,12-13H,11H2,1-4H3,(H,22,24). The van der Waals surface area contributed by atoms with Gasteiger partial charge in [0.2, 0.25) is 0 Å². The average Bonchev–Trinajstić information content (AvgIpc) is 2.73. The number of nitrogens with one attached hydrogen (secondary N) is 1. The van der Waals surface area contributed by atoms with Gasteiger partial charge in [0.15, 0.2) is 0 Å². The van der Waals surface area contributed by atoms with Crippen LogP contribution in [-0.2, 0) is 0 Å². The van der Waals surface area contributed by atoms with Gasteiger partial charge in [-0.05, 0) is 50.1 Å². The van der Waals surface area contributed by atoms with E-state index >= 15 is 0 Å². The monoisotopic (exact) mass is 369 g/mol. The van der Waals surface area contributed by atoms with Gasteiger partial charge in [0, 0.05) is 29.2 Å². The molecule has 0 spiro atoms. The molecule has 6 heteroatoms. The van der Waals surface area contributed by atoms with Crippen molar-refractivity contribution in [1.29, 1.82) is 0 Å². The molecule has 1 aromatic carbocycles. The van der Waals surface area contributed by atoms with Crippen LogP contribution >= 0.6 is 11.8 Å². The number of benzene rings is 1. The molecule has 0 radical (unpaired) electrons. The van der Waals surface area contributed by atoms with Crippen LogP contribution < -0.4 is 10.2 Å². The summed E-state index contributed by atoms with van der Waals surface area (Å²) in [5.41, 5.74) is 1.99. The van der Waals surface area contributed by atoms with Crippen molar-refractivity contribution in [3.8, 4) is 0 Å². The molecule has 2 amide bonds. The van der Waals surface area contributed by atoms with Crippen LogP contribution in [0.2, 0.25) is 0 Å². The summed E-state index contributed by atoms with van der Waals surface area (Å²) in [7, 11) is 0. The van der Waals surface area contributed by atoms with E-state index < -0.39 is 0 Å². The molecular formula is C20H23N3O2S. The molecule has 26 heavy (non-hydrogen) atoms. The summed E-state index contributed by atoms with van der Waals surface area (Å²) in [6, 6.07) is 9.05. The van der Waals surface area contributed by atoms with Crippen LogP contribution in [0.4, 0.5) is 5.69 Å². The summed E-state index contributed by atoms with van der Waals surface area (Å²) >= 11 is 1.43. The van der Waals surface area contributed by atoms with Crippen LogP contribution in [0.5, 0.6) is 0 Å². The normalized spacial score (nSPS) is 13.5. The first kappa shape index (κ1) is 18.5. The fraction of sp³-hybridized carbons (Fsp3) is 0.350. The molecule has 0 saturated heterocycles. The summed E-state index contributed by atoms with van der Waals surface area (Å²) in [5.74, 6) is 0.223. The molecule has 1 aliphatic heterocycles. The zero-order valence-corrected chi connectivity index (χ0v) is 16.3. The number of fused-ring (bicyclic) bond motifs is 2. The number of amides is 2. The Kier molecular flexibility index (Phi) is 5.32. The van der Waals surface area contributed by atoms with Crippen molar-refractivity contribution in [2.75, 3.05) is 11.4 Å². The summed E-state index contributed by atoms with van der Waals surface area (Å²) < 4.78 is 0. The van der Waals surface area contributed by atoms with Gasteiger partial charge in [0.25, 0.3) is 11.8 Å². The third-order valence-electron chi connectivity index (χ3n) is 4.10. The van der Waals surface area contributed by atoms with Gasteiger partial charge in [-0.25, -0.2) is 4.98 Å². The Morgan fingerprint density at radius 3 is 2.69 bits per heavy atom. The summed E-state index contributed by atoms with van der Waals surface area (Å²) in [4.78, 5) is 32.5. The highest BCUT2D eigenvalue weighted by molar-refractivity contribution is 7.99. The zero-order chi connectivity index (χ0) is 18.8. The van der Waals surface area contributed by atoms with E-state index in [1.165, 1.54) is 11.8 Å². The van der Waals surface area contributed by atoms with Gasteiger partial charge in [0.05, 0.1) is 11.3 Å². The molecule has 0 bridgehead atoms. The molecule has 0 aliphatic carbocycles. The maximum absolute atomic E-state index is 13.0. The lowest BCUT2D eigenvalue weighted by Gasteiger charge is -2.27. The second-order valence-electron chi connectivity index (χ2n) is 7.01. The van der Waals surface area contributed by atoms with Gasteiger partial charge in [-0.3, -0.25) is 9.59 Å². The van der Waals surface area contributed by atoms with Gasteiger partial charge >= 0.3 is 0 Å². The minimum absolute atomic E-state index is 0.00590. The van der Waals surface area contributed by atoms with E-state index in [1.807, 2.05) is 26.0 Å². The van der Waals surface area contributed by atoms with E-state index in [0.717, 1.165) is 10.6 Å². The molecule has 0 saturated carbocycles. The third kappa shape index (κ3) is 3.60. The SMILES string of the molecule is CC(C)CNC(=O)c1ccc2c(c1)Sc1ncccc1C(=O)N2C(C)C. The fourth-order valence-electron chi connectivity index (χ4n) is 2.83. The number of carbonyl (C=O) groups excluding carboxylic acids is 2. The van der Waals surface area contributed by atoms with Gasteiger partial charge in [-0.2, -0.15) is 0 Å². The average molecular weight is 369 g/mol. The minimum Gasteiger partial charge on any atom is -0.352 e. The van der Waals surface area contributed by atoms with Crippen molar-refractivity contribution in [2.24, 2.45) is 5.92 Å². The summed E-state index contributed by atoms with van der Waals surface area (Å²) in [5, 5.41) is 3.61. The van der Waals surface area contributed by atoms with Gasteiger partial charge in [-0.15, -0.1) is 0 Å². The quantitative estimate of drug-likeness (QED) is 0.885. The van der Waals surface area contributed by atoms with Crippen LogP contribution in [0.15, 0.2) is 46.5 Å². The maximum Gasteiger partial charge on any atom is 0.261 e. The smallest absolute Gasteiger partial charge is 0.261 e. The topological polar surface area (TPSA) is 62.3 Å². The lowest BCUT2D eigenvalue weighted by Crippen LogP contribution is -2.37. The molecule has 3 rings (SSSR count). The van der Waals surface area contributed by atoms with E-state index in [4.69, 9.17) is 0 Å². The molecule has 0 unspecified atom stereocenters. The van der Waals surface area contributed by atoms with Gasteiger partial charge in [-0.1, -0.05) is 25.6 Å². The number of anilines is 1. The minimum atomic E-state index is -0.102. The van der Waals surface area contributed by atoms with Crippen LogP contribution in [0, 0.1) is 5.92 Å². The first-order valence-corrected chi connectivity index (χ1v) is 9.58. The molecule has 0 atom stereocenters. The Bertz CT molecular complexity index is 849. The number of rotatable bonds is 4. The van der Waals surface area contributed by atoms with Crippen LogP contribution in [-0.4, -0.2) is 29.4 Å². The van der Waals surface area contributed by atoms with E-state index in [9.17, 15) is 9.59 Å². The fourth-order valence-corrected chi connectivity index (χ4v) is 3.87. The predicted octanol–water partition coefficient (Wildman–Crippen LogP) is 3.99. The lowest BCUT2D eigenvalue weighted by molar-refractivity contribution is 0.0947. The van der Waals surface area contributed by atoms with Crippen molar-refractivity contribution in [2.45, 2.75) is 43.7 Å². The number of carbonyl (C=O) groups is 2. The second-order valence-corrected chi connectivity index (χ2v) is 8.04. The number of pyridine rings is 1. The Morgan fingerprint density at radius 2 is 2.00 bits per heavy atom. The van der Waals surface area contributed by atoms with Crippen LogP contribution in [0.25, 0.3) is 0 Å². The Balaban J connectivity index is 2.04. The first-order valence-electron chi connectivity index (χ1n) is 8.77. The van der Waals surface area contributed by atoms with Crippen molar-refractivity contribution < 1.29 is 9.59 Å². The molecule has 5 nitrogen and oxygen atoms in total. The highest BCUT2D eigenvalue weighted by Gasteiger charge is 2.30. The van der Waals surface area contributed by atoms with E-state index in [-0.39, 0.29) is 17.9 Å². The molecule has 1 aromatic heterocycles. The maximum atomic E-state index is 13.0. The van der Waals surface area contributed by atoms with Crippen LogP contribution in [0.1, 0.15) is 48.4 Å². The Hall–Kier alpha value is -2.34. The molecule has 1 aliphatic rings. The van der Waals surface area contributed by atoms with Crippen molar-refractivity contribution >= 4 is 29.3 Å². The van der Waals surface area contributed by atoms with Crippen molar-refractivity contribution in [3.05, 3.63) is 47.7 Å². The number of aromatic nitrogens is 1. The van der Waals surface area contributed by atoms with E-state index in [0.29, 0.717) is 28.6 Å². The highest BCUT2D eigenvalue weighted by Crippen LogP contribution is 2.41. The molecule has 2 aromatic rings. The van der Waals surface area contributed by atoms with Crippen molar-refractivity contribution in [3.63, 3.8) is 0 Å². The van der Waals surface area contributed by atoms with Gasteiger partial charge < -0.3 is 10.2 Å². The molecule has 1 N–H and O–H groups in total. The predicted molar refractivity (Wildman–Crippen MR) is 104 cm³/mol. The third-order valence-corrected chi connectivity index (χ3v) is 5.16. The second kappa shape index (κ2) is 7.50. The summed E-state index contributed by atoms with van der Waals surface area (Å²) in [6.45, 7) is 8.71. The van der Waals surface area contributed by atoms with E-state index in [2.05, 4.69) is 24.1 Å². The van der Waals surface area contributed by atoms with E-state index in [1.54, 1.807) is 29.3 Å². The van der Waals surface area contributed by atoms with Crippen molar-refractivity contribution in [1.82, 2.24) is 10.3 Å².